The number of aryl methyl sites for hydroxylation is 1. The molecule has 0 fully saturated rings. The quantitative estimate of drug-likeness (QED) is 0.152. The molecule has 1 aromatic carbocycles. The Balaban J connectivity index is 2.53. The number of rotatable bonds is 12. The predicted molar refractivity (Wildman–Crippen MR) is 146 cm³/mol. The summed E-state index contributed by atoms with van der Waals surface area (Å²) in [4.78, 5) is 0. The Morgan fingerprint density at radius 1 is 0.774 bits per heavy atom. The van der Waals surface area contributed by atoms with E-state index in [0.29, 0.717) is 0 Å². The zero-order chi connectivity index (χ0) is 23.9. The first-order valence-electron chi connectivity index (χ1n) is 12.2. The van der Waals surface area contributed by atoms with Crippen LogP contribution in [0, 0.1) is 0 Å². The number of hydrogen-bond acceptors (Lipinski definition) is 2. The first kappa shape index (κ1) is 29.1. The van der Waals surface area contributed by atoms with E-state index in [9.17, 15) is 0 Å². The molecule has 0 spiro atoms. The van der Waals surface area contributed by atoms with Crippen LogP contribution in [0.5, 0.6) is 0 Å². The van der Waals surface area contributed by atoms with E-state index in [-0.39, 0.29) is 16.4 Å². The predicted octanol–water partition coefficient (Wildman–Crippen LogP) is 9.70. The summed E-state index contributed by atoms with van der Waals surface area (Å²) in [6.07, 6.45) is 8.44. The second kappa shape index (κ2) is 12.0. The SMILES string of the molecule is CC(C)(C)[Si](C)(C)OC(CCCCCCCc1cccc(Br)c1)O[Si](C)(C)C(C)(C)C. The minimum Gasteiger partial charge on any atom is -0.393 e. The normalized spacial score (nSPS) is 13.8. The Kier molecular flexibility index (Phi) is 11.2. The van der Waals surface area contributed by atoms with Crippen LogP contribution in [0.25, 0.3) is 0 Å². The maximum Gasteiger partial charge on any atom is 0.195 e. The highest BCUT2D eigenvalue weighted by Gasteiger charge is 2.43. The number of benzene rings is 1. The standard InChI is InChI=1S/C26H49BrO2Si2/c1-25(2,3)30(7,8)28-24(29-31(9,10)26(4,5)6)20-15-13-11-12-14-17-22-18-16-19-23(27)21-22/h16,18-19,21,24H,11-15,17,20H2,1-10H3. The van der Waals surface area contributed by atoms with Crippen molar-refractivity contribution in [2.45, 2.75) is 129 Å². The van der Waals surface area contributed by atoms with Gasteiger partial charge in [0.05, 0.1) is 0 Å². The fourth-order valence-electron chi connectivity index (χ4n) is 3.02. The van der Waals surface area contributed by atoms with Crippen LogP contribution in [-0.2, 0) is 15.3 Å². The van der Waals surface area contributed by atoms with Crippen LogP contribution in [0.3, 0.4) is 0 Å². The van der Waals surface area contributed by atoms with E-state index in [1.165, 1.54) is 48.6 Å². The van der Waals surface area contributed by atoms with Crippen LogP contribution in [0.2, 0.25) is 36.3 Å². The zero-order valence-corrected chi connectivity index (χ0v) is 25.6. The molecule has 0 saturated heterocycles. The molecule has 0 bridgehead atoms. The Morgan fingerprint density at radius 2 is 1.26 bits per heavy atom. The number of hydrogen-bond donors (Lipinski definition) is 0. The molecular weight excluding hydrogens is 480 g/mol. The van der Waals surface area contributed by atoms with E-state index in [1.807, 2.05) is 0 Å². The van der Waals surface area contributed by atoms with E-state index >= 15 is 0 Å². The lowest BCUT2D eigenvalue weighted by Gasteiger charge is -2.44. The van der Waals surface area contributed by atoms with Crippen molar-refractivity contribution in [3.63, 3.8) is 0 Å². The summed E-state index contributed by atoms with van der Waals surface area (Å²) in [5.41, 5.74) is 1.43. The van der Waals surface area contributed by atoms with Crippen LogP contribution < -0.4 is 0 Å². The van der Waals surface area contributed by atoms with Crippen molar-refractivity contribution >= 4 is 32.6 Å². The largest absolute Gasteiger partial charge is 0.393 e. The molecule has 2 nitrogen and oxygen atoms in total. The summed E-state index contributed by atoms with van der Waals surface area (Å²) < 4.78 is 14.7. The zero-order valence-electron chi connectivity index (χ0n) is 22.0. The molecule has 5 heteroatoms. The van der Waals surface area contributed by atoms with Crippen molar-refractivity contribution in [2.75, 3.05) is 0 Å². The van der Waals surface area contributed by atoms with Crippen molar-refractivity contribution in [1.29, 1.82) is 0 Å². The van der Waals surface area contributed by atoms with Crippen molar-refractivity contribution in [2.24, 2.45) is 0 Å². The van der Waals surface area contributed by atoms with Gasteiger partial charge in [-0.1, -0.05) is 88.9 Å². The topological polar surface area (TPSA) is 18.5 Å². The van der Waals surface area contributed by atoms with Crippen LogP contribution in [0.4, 0.5) is 0 Å². The second-order valence-corrected chi connectivity index (χ2v) is 22.6. The minimum absolute atomic E-state index is 0.0524. The summed E-state index contributed by atoms with van der Waals surface area (Å²) in [7, 11) is -3.71. The van der Waals surface area contributed by atoms with Crippen LogP contribution >= 0.6 is 15.9 Å². The number of halogens is 1. The van der Waals surface area contributed by atoms with E-state index in [1.54, 1.807) is 0 Å². The van der Waals surface area contributed by atoms with Gasteiger partial charge in [0.2, 0.25) is 0 Å². The molecule has 0 unspecified atom stereocenters. The van der Waals surface area contributed by atoms with E-state index in [2.05, 4.69) is 108 Å². The molecule has 0 aliphatic heterocycles. The van der Waals surface area contributed by atoms with Crippen molar-refractivity contribution < 1.29 is 8.85 Å². The maximum absolute atomic E-state index is 6.78. The van der Waals surface area contributed by atoms with Gasteiger partial charge in [-0.15, -0.1) is 0 Å². The third-order valence-electron chi connectivity index (χ3n) is 7.26. The molecule has 0 aliphatic carbocycles. The lowest BCUT2D eigenvalue weighted by molar-refractivity contribution is -0.0242. The summed E-state index contributed by atoms with van der Waals surface area (Å²) in [5.74, 6) is 0. The third-order valence-corrected chi connectivity index (χ3v) is 16.7. The second-order valence-electron chi connectivity index (χ2n) is 12.1. The minimum atomic E-state index is -1.86. The van der Waals surface area contributed by atoms with Gasteiger partial charge in [0.25, 0.3) is 0 Å². The van der Waals surface area contributed by atoms with Gasteiger partial charge >= 0.3 is 0 Å². The third kappa shape index (κ3) is 10.2. The Morgan fingerprint density at radius 3 is 1.74 bits per heavy atom. The van der Waals surface area contributed by atoms with Gasteiger partial charge in [-0.3, -0.25) is 0 Å². The summed E-state index contributed by atoms with van der Waals surface area (Å²) in [5, 5.41) is 0.406. The molecule has 31 heavy (non-hydrogen) atoms. The van der Waals surface area contributed by atoms with Gasteiger partial charge in [-0.05, 0) is 79.6 Å². The molecule has 0 radical (unpaired) electrons. The van der Waals surface area contributed by atoms with Crippen LogP contribution in [-0.4, -0.2) is 22.9 Å². The Labute approximate surface area is 204 Å². The van der Waals surface area contributed by atoms with Gasteiger partial charge in [-0.25, -0.2) is 0 Å². The Bertz CT molecular complexity index is 632. The van der Waals surface area contributed by atoms with Crippen LogP contribution in [0.1, 0.15) is 85.6 Å². The van der Waals surface area contributed by atoms with Crippen molar-refractivity contribution in [3.8, 4) is 0 Å². The smallest absolute Gasteiger partial charge is 0.195 e. The average molecular weight is 530 g/mol. The lowest BCUT2D eigenvalue weighted by atomic mass is 10.0. The molecule has 180 valence electrons. The molecule has 1 rings (SSSR count). The molecule has 0 aliphatic rings. The number of unbranched alkanes of at least 4 members (excludes halogenated alkanes) is 4. The molecule has 0 N–H and O–H groups in total. The van der Waals surface area contributed by atoms with Crippen molar-refractivity contribution in [1.82, 2.24) is 0 Å². The van der Waals surface area contributed by atoms with Crippen molar-refractivity contribution in [3.05, 3.63) is 34.3 Å². The van der Waals surface area contributed by atoms with E-state index < -0.39 is 16.6 Å². The fourth-order valence-corrected chi connectivity index (χ4v) is 5.91. The monoisotopic (exact) mass is 528 g/mol. The molecular formula is C26H49BrO2Si2. The molecule has 0 amide bonds. The average Bonchev–Trinajstić information content (AvgIpc) is 2.58. The molecule has 0 saturated carbocycles. The lowest BCUT2D eigenvalue weighted by Crippen LogP contribution is -2.50. The highest BCUT2D eigenvalue weighted by atomic mass is 79.9. The highest BCUT2D eigenvalue weighted by Crippen LogP contribution is 2.41. The van der Waals surface area contributed by atoms with Gasteiger partial charge in [-0.2, -0.15) is 0 Å². The Hall–Kier alpha value is 0.0538. The molecule has 0 heterocycles. The molecule has 0 atom stereocenters. The van der Waals surface area contributed by atoms with Gasteiger partial charge in [0.15, 0.2) is 16.6 Å². The molecule has 1 aromatic rings. The van der Waals surface area contributed by atoms with Crippen LogP contribution in [0.15, 0.2) is 28.7 Å². The fraction of sp³-hybridized carbons (Fsp3) is 0.769. The summed E-state index contributed by atoms with van der Waals surface area (Å²) in [6.45, 7) is 23.3. The summed E-state index contributed by atoms with van der Waals surface area (Å²) >= 11 is 3.57. The van der Waals surface area contributed by atoms with Gasteiger partial charge in [0, 0.05) is 4.47 Å². The maximum atomic E-state index is 6.78. The van der Waals surface area contributed by atoms with E-state index in [4.69, 9.17) is 8.85 Å². The highest BCUT2D eigenvalue weighted by molar-refractivity contribution is 9.10. The first-order valence-corrected chi connectivity index (χ1v) is 18.8. The summed E-state index contributed by atoms with van der Waals surface area (Å²) in [6, 6.07) is 8.69. The van der Waals surface area contributed by atoms with Gasteiger partial charge in [0.1, 0.15) is 6.29 Å². The first-order chi connectivity index (χ1) is 14.1. The van der Waals surface area contributed by atoms with E-state index in [0.717, 1.165) is 6.42 Å². The van der Waals surface area contributed by atoms with Gasteiger partial charge < -0.3 is 8.85 Å². The molecule has 0 aromatic heterocycles.